The molecule has 0 spiro atoms. The third-order valence-electron chi connectivity index (χ3n) is 4.98. The molecule has 9 heteroatoms. The molecule has 1 aromatic heterocycles. The van der Waals surface area contributed by atoms with Gasteiger partial charge in [-0.05, 0) is 50.1 Å². The monoisotopic (exact) mass is 445 g/mol. The summed E-state index contributed by atoms with van der Waals surface area (Å²) in [5, 5.41) is 4.00. The van der Waals surface area contributed by atoms with Crippen molar-refractivity contribution < 1.29 is 22.4 Å². The number of benzene rings is 2. The molecule has 0 amide bonds. The Balaban J connectivity index is 1.90. The molecule has 0 fully saturated rings. The Morgan fingerprint density at radius 1 is 1.00 bits per heavy atom. The van der Waals surface area contributed by atoms with Gasteiger partial charge in [0.25, 0.3) is 0 Å². The average Bonchev–Trinajstić information content (AvgIpc) is 3.19. The molecule has 2 aromatic carbocycles. The first kappa shape index (κ1) is 22.8. The van der Waals surface area contributed by atoms with E-state index in [1.54, 1.807) is 39.3 Å². The van der Waals surface area contributed by atoms with E-state index in [4.69, 9.17) is 14.0 Å². The molecule has 0 N–H and O–H groups in total. The lowest BCUT2D eigenvalue weighted by Gasteiger charge is -2.21. The van der Waals surface area contributed by atoms with Crippen LogP contribution in [0.1, 0.15) is 29.5 Å². The minimum atomic E-state index is -3.73. The van der Waals surface area contributed by atoms with Crippen LogP contribution in [0.15, 0.2) is 39.8 Å². The average molecular weight is 446 g/mol. The van der Waals surface area contributed by atoms with Crippen LogP contribution in [0.5, 0.6) is 11.5 Å². The summed E-state index contributed by atoms with van der Waals surface area (Å²) in [7, 11) is -0.633. The zero-order valence-electron chi connectivity index (χ0n) is 18.6. The lowest BCUT2D eigenvalue weighted by molar-refractivity contribution is 0.321. The summed E-state index contributed by atoms with van der Waals surface area (Å²) in [5.74, 6) is 1.67. The Labute approximate surface area is 182 Å². The molecular formula is C22H27N3O5S. The molecule has 0 atom stereocenters. The number of nitrogens with zero attached hydrogens (tertiary/aromatic N) is 3. The molecule has 166 valence electrons. The van der Waals surface area contributed by atoms with Gasteiger partial charge in [-0.15, -0.1) is 0 Å². The highest BCUT2D eigenvalue weighted by Crippen LogP contribution is 2.31. The summed E-state index contributed by atoms with van der Waals surface area (Å²) < 4.78 is 44.0. The molecule has 0 saturated heterocycles. The maximum Gasteiger partial charge on any atom is 0.244 e. The summed E-state index contributed by atoms with van der Waals surface area (Å²) in [4.78, 5) is 4.70. The van der Waals surface area contributed by atoms with Crippen LogP contribution < -0.4 is 9.47 Å². The van der Waals surface area contributed by atoms with E-state index in [-0.39, 0.29) is 19.0 Å². The molecule has 3 rings (SSSR count). The molecule has 0 bridgehead atoms. The summed E-state index contributed by atoms with van der Waals surface area (Å²) >= 11 is 0. The van der Waals surface area contributed by atoms with Crippen molar-refractivity contribution in [3.05, 3.63) is 52.9 Å². The molecule has 31 heavy (non-hydrogen) atoms. The Hall–Kier alpha value is -2.91. The smallest absolute Gasteiger partial charge is 0.244 e. The summed E-state index contributed by atoms with van der Waals surface area (Å²) in [6.45, 7) is 7.59. The zero-order valence-corrected chi connectivity index (χ0v) is 19.4. The Bertz CT molecular complexity index is 1160. The highest BCUT2D eigenvalue weighted by Gasteiger charge is 2.28. The largest absolute Gasteiger partial charge is 0.493 e. The van der Waals surface area contributed by atoms with Gasteiger partial charge in [-0.1, -0.05) is 29.8 Å². The first-order valence-electron chi connectivity index (χ1n) is 9.84. The fourth-order valence-corrected chi connectivity index (χ4v) is 5.44. The van der Waals surface area contributed by atoms with Crippen LogP contribution in [0.2, 0.25) is 0 Å². The lowest BCUT2D eigenvalue weighted by atomic mass is 10.1. The second-order valence-electron chi connectivity index (χ2n) is 7.24. The zero-order chi connectivity index (χ0) is 22.8. The molecule has 3 aromatic rings. The van der Waals surface area contributed by atoms with Crippen molar-refractivity contribution in [3.63, 3.8) is 0 Å². The van der Waals surface area contributed by atoms with Gasteiger partial charge in [0.2, 0.25) is 21.7 Å². The fraction of sp³-hybridized carbons (Fsp3) is 0.364. The fourth-order valence-electron chi connectivity index (χ4n) is 3.63. The predicted octanol–water partition coefficient (Wildman–Crippen LogP) is 3.89. The van der Waals surface area contributed by atoms with Crippen molar-refractivity contribution in [2.45, 2.75) is 39.1 Å². The number of methoxy groups -OCH3 is 2. The van der Waals surface area contributed by atoms with E-state index in [0.29, 0.717) is 38.9 Å². The molecule has 0 saturated carbocycles. The molecule has 0 unspecified atom stereocenters. The molecule has 0 aliphatic rings. The van der Waals surface area contributed by atoms with Crippen LogP contribution in [0.3, 0.4) is 0 Å². The SMILES string of the molecule is CCN(Cc1nc(-c2ccc(OC)c(OC)c2)no1)S(=O)(=O)c1c(C)cc(C)cc1C. The van der Waals surface area contributed by atoms with E-state index in [2.05, 4.69) is 10.1 Å². The third-order valence-corrected chi connectivity index (χ3v) is 7.20. The number of aryl methyl sites for hydroxylation is 3. The molecule has 1 heterocycles. The number of aromatic nitrogens is 2. The predicted molar refractivity (Wildman–Crippen MR) is 117 cm³/mol. The van der Waals surface area contributed by atoms with Gasteiger partial charge < -0.3 is 14.0 Å². The van der Waals surface area contributed by atoms with Crippen LogP contribution >= 0.6 is 0 Å². The second kappa shape index (κ2) is 9.07. The minimum absolute atomic E-state index is 0.0219. The van der Waals surface area contributed by atoms with Gasteiger partial charge in [-0.25, -0.2) is 8.42 Å². The van der Waals surface area contributed by atoms with Gasteiger partial charge in [0, 0.05) is 12.1 Å². The Morgan fingerprint density at radius 3 is 2.23 bits per heavy atom. The number of sulfonamides is 1. The minimum Gasteiger partial charge on any atom is -0.493 e. The van der Waals surface area contributed by atoms with Gasteiger partial charge in [0.15, 0.2) is 11.5 Å². The quantitative estimate of drug-likeness (QED) is 0.519. The third kappa shape index (κ3) is 4.57. The van der Waals surface area contributed by atoms with E-state index in [1.807, 2.05) is 32.9 Å². The van der Waals surface area contributed by atoms with E-state index in [0.717, 1.165) is 5.56 Å². The molecule has 0 aliphatic carbocycles. The van der Waals surface area contributed by atoms with Crippen molar-refractivity contribution in [2.24, 2.45) is 0 Å². The Kier molecular flexibility index (Phi) is 6.66. The maximum atomic E-state index is 13.4. The van der Waals surface area contributed by atoms with Gasteiger partial charge in [-0.3, -0.25) is 0 Å². The normalized spacial score (nSPS) is 11.7. The van der Waals surface area contributed by atoms with Crippen LogP contribution in [0.25, 0.3) is 11.4 Å². The van der Waals surface area contributed by atoms with Gasteiger partial charge in [-0.2, -0.15) is 9.29 Å². The topological polar surface area (TPSA) is 94.8 Å². The van der Waals surface area contributed by atoms with Crippen LogP contribution in [0.4, 0.5) is 0 Å². The lowest BCUT2D eigenvalue weighted by Crippen LogP contribution is -2.31. The van der Waals surface area contributed by atoms with Crippen LogP contribution in [-0.2, 0) is 16.6 Å². The van der Waals surface area contributed by atoms with Crippen molar-refractivity contribution in [2.75, 3.05) is 20.8 Å². The van der Waals surface area contributed by atoms with E-state index in [9.17, 15) is 8.42 Å². The number of rotatable bonds is 8. The van der Waals surface area contributed by atoms with E-state index >= 15 is 0 Å². The van der Waals surface area contributed by atoms with Gasteiger partial charge in [0.1, 0.15) is 0 Å². The molecule has 0 radical (unpaired) electrons. The summed E-state index contributed by atoms with van der Waals surface area (Å²) in [6.07, 6.45) is 0. The van der Waals surface area contributed by atoms with E-state index < -0.39 is 10.0 Å². The highest BCUT2D eigenvalue weighted by atomic mass is 32.2. The second-order valence-corrected chi connectivity index (χ2v) is 9.12. The van der Waals surface area contributed by atoms with Crippen molar-refractivity contribution in [3.8, 4) is 22.9 Å². The number of hydrogen-bond donors (Lipinski definition) is 0. The van der Waals surface area contributed by atoms with Crippen LogP contribution in [0, 0.1) is 20.8 Å². The highest BCUT2D eigenvalue weighted by molar-refractivity contribution is 7.89. The van der Waals surface area contributed by atoms with Crippen LogP contribution in [-0.4, -0.2) is 43.6 Å². The number of hydrogen-bond acceptors (Lipinski definition) is 7. The maximum absolute atomic E-state index is 13.4. The first-order valence-corrected chi connectivity index (χ1v) is 11.3. The van der Waals surface area contributed by atoms with Crippen molar-refractivity contribution >= 4 is 10.0 Å². The molecular weight excluding hydrogens is 418 g/mol. The van der Waals surface area contributed by atoms with E-state index in [1.165, 1.54) is 4.31 Å². The summed E-state index contributed by atoms with van der Waals surface area (Å²) in [5.41, 5.74) is 3.12. The van der Waals surface area contributed by atoms with Gasteiger partial charge >= 0.3 is 0 Å². The first-order chi connectivity index (χ1) is 14.7. The van der Waals surface area contributed by atoms with Gasteiger partial charge in [0.05, 0.1) is 25.7 Å². The summed E-state index contributed by atoms with van der Waals surface area (Å²) in [6, 6.07) is 9.01. The molecule has 8 nitrogen and oxygen atoms in total. The van der Waals surface area contributed by atoms with Crippen molar-refractivity contribution in [1.82, 2.24) is 14.4 Å². The standard InChI is InChI=1S/C22H27N3O5S/c1-7-25(31(26,27)21-15(3)10-14(2)11-16(21)4)13-20-23-22(24-30-20)17-8-9-18(28-5)19(12-17)29-6/h8-12H,7,13H2,1-6H3. The molecule has 0 aliphatic heterocycles. The van der Waals surface area contributed by atoms with Crippen molar-refractivity contribution in [1.29, 1.82) is 0 Å². The number of ether oxygens (including phenoxy) is 2. The Morgan fingerprint density at radius 2 is 1.65 bits per heavy atom.